The Bertz CT molecular complexity index is 400. The van der Waals surface area contributed by atoms with Crippen LogP contribution in [0.2, 0.25) is 0 Å². The van der Waals surface area contributed by atoms with E-state index in [0.717, 1.165) is 19.5 Å². The quantitative estimate of drug-likeness (QED) is 0.827. The Morgan fingerprint density at radius 3 is 3.12 bits per heavy atom. The molecule has 0 saturated carbocycles. The van der Waals surface area contributed by atoms with Crippen molar-refractivity contribution < 1.29 is 15.0 Å². The molecule has 16 heavy (non-hydrogen) atoms. The summed E-state index contributed by atoms with van der Waals surface area (Å²) in [6, 6.07) is 2.07. The highest BCUT2D eigenvalue weighted by Crippen LogP contribution is 2.24. The van der Waals surface area contributed by atoms with Crippen molar-refractivity contribution in [2.45, 2.75) is 25.5 Å². The van der Waals surface area contributed by atoms with Gasteiger partial charge in [-0.15, -0.1) is 11.3 Å². The van der Waals surface area contributed by atoms with Crippen molar-refractivity contribution in [3.63, 3.8) is 0 Å². The number of carboxylic acid groups (broad SMARTS) is 1. The van der Waals surface area contributed by atoms with E-state index in [9.17, 15) is 9.90 Å². The Morgan fingerprint density at radius 2 is 2.44 bits per heavy atom. The summed E-state index contributed by atoms with van der Waals surface area (Å²) in [5.74, 6) is -1.16. The Labute approximate surface area is 98.1 Å². The van der Waals surface area contributed by atoms with Crippen molar-refractivity contribution in [1.29, 1.82) is 0 Å². The lowest BCUT2D eigenvalue weighted by molar-refractivity contribution is -0.158. The number of rotatable bonds is 3. The number of carbonyl (C=O) groups is 1. The van der Waals surface area contributed by atoms with Crippen molar-refractivity contribution in [2.24, 2.45) is 0 Å². The molecular weight excluding hydrogens is 226 g/mol. The second-order valence-corrected chi connectivity index (χ2v) is 5.41. The summed E-state index contributed by atoms with van der Waals surface area (Å²) in [4.78, 5) is 14.2. The second kappa shape index (κ2) is 4.16. The molecule has 0 amide bonds. The standard InChI is InChI=1S/C11H15NO3S/c1-11(15,10(13)14)7-12-4-2-9-8(6-12)3-5-16-9/h3,5,15H,2,4,6-7H2,1H3,(H,13,14). The van der Waals surface area contributed by atoms with Gasteiger partial charge >= 0.3 is 5.97 Å². The molecule has 0 fully saturated rings. The normalized spacial score (nSPS) is 20.1. The van der Waals surface area contributed by atoms with Gasteiger partial charge in [-0.2, -0.15) is 0 Å². The summed E-state index contributed by atoms with van der Waals surface area (Å²) in [6.45, 7) is 3.08. The predicted octanol–water partition coefficient (Wildman–Crippen LogP) is 0.942. The Morgan fingerprint density at radius 1 is 1.69 bits per heavy atom. The molecule has 1 aromatic heterocycles. The summed E-state index contributed by atoms with van der Waals surface area (Å²) in [5, 5.41) is 20.6. The highest BCUT2D eigenvalue weighted by Gasteiger charge is 2.33. The van der Waals surface area contributed by atoms with Crippen LogP contribution in [0.5, 0.6) is 0 Å². The molecule has 2 N–H and O–H groups in total. The van der Waals surface area contributed by atoms with Crippen molar-refractivity contribution in [2.75, 3.05) is 13.1 Å². The maximum atomic E-state index is 10.8. The first-order valence-corrected chi connectivity index (χ1v) is 6.10. The highest BCUT2D eigenvalue weighted by atomic mass is 32.1. The molecule has 1 aliphatic heterocycles. The van der Waals surface area contributed by atoms with Crippen molar-refractivity contribution in [1.82, 2.24) is 4.90 Å². The fourth-order valence-corrected chi connectivity index (χ4v) is 2.83. The minimum absolute atomic E-state index is 0.178. The fourth-order valence-electron chi connectivity index (χ4n) is 1.94. The monoisotopic (exact) mass is 241 g/mol. The highest BCUT2D eigenvalue weighted by molar-refractivity contribution is 7.10. The van der Waals surface area contributed by atoms with Gasteiger partial charge in [0.05, 0.1) is 0 Å². The Hall–Kier alpha value is -0.910. The van der Waals surface area contributed by atoms with Crippen LogP contribution in [0, 0.1) is 0 Å². The zero-order valence-corrected chi connectivity index (χ0v) is 9.96. The summed E-state index contributed by atoms with van der Waals surface area (Å²) in [7, 11) is 0. The van der Waals surface area contributed by atoms with Crippen LogP contribution >= 0.6 is 11.3 Å². The van der Waals surface area contributed by atoms with Gasteiger partial charge in [-0.05, 0) is 30.4 Å². The van der Waals surface area contributed by atoms with Gasteiger partial charge in [0.15, 0.2) is 5.60 Å². The second-order valence-electron chi connectivity index (χ2n) is 4.41. The molecule has 4 nitrogen and oxygen atoms in total. The number of nitrogens with zero attached hydrogens (tertiary/aromatic N) is 1. The lowest BCUT2D eigenvalue weighted by Crippen LogP contribution is -2.47. The van der Waals surface area contributed by atoms with Gasteiger partial charge in [0.25, 0.3) is 0 Å². The summed E-state index contributed by atoms with van der Waals surface area (Å²) in [6.07, 6.45) is 0.947. The summed E-state index contributed by atoms with van der Waals surface area (Å²) >= 11 is 1.75. The molecule has 1 unspecified atom stereocenters. The number of aliphatic hydroxyl groups is 1. The molecule has 0 aromatic carbocycles. The van der Waals surface area contributed by atoms with Crippen LogP contribution in [0.3, 0.4) is 0 Å². The van der Waals surface area contributed by atoms with E-state index in [-0.39, 0.29) is 6.54 Å². The van der Waals surface area contributed by atoms with E-state index in [4.69, 9.17) is 5.11 Å². The first-order chi connectivity index (χ1) is 7.49. The van der Waals surface area contributed by atoms with E-state index < -0.39 is 11.6 Å². The number of thiophene rings is 1. The van der Waals surface area contributed by atoms with Gasteiger partial charge in [-0.25, -0.2) is 4.79 Å². The molecule has 0 saturated heterocycles. The zero-order chi connectivity index (χ0) is 11.8. The van der Waals surface area contributed by atoms with E-state index in [1.807, 2.05) is 4.90 Å². The number of hydrogen-bond donors (Lipinski definition) is 2. The average Bonchev–Trinajstić information content (AvgIpc) is 2.63. The first kappa shape index (κ1) is 11.6. The topological polar surface area (TPSA) is 60.8 Å². The molecule has 5 heteroatoms. The third-order valence-electron chi connectivity index (χ3n) is 2.88. The van der Waals surface area contributed by atoms with Crippen molar-refractivity contribution >= 4 is 17.3 Å². The molecule has 2 rings (SSSR count). The number of β-amino-alcohol motifs (C(OH)–C–C–N with tert-alkyl or cyclic N) is 1. The van der Waals surface area contributed by atoms with E-state index in [1.54, 1.807) is 11.3 Å². The maximum Gasteiger partial charge on any atom is 0.336 e. The lowest BCUT2D eigenvalue weighted by Gasteiger charge is -2.31. The van der Waals surface area contributed by atoms with E-state index in [2.05, 4.69) is 11.4 Å². The van der Waals surface area contributed by atoms with Gasteiger partial charge in [0.2, 0.25) is 0 Å². The van der Waals surface area contributed by atoms with Gasteiger partial charge in [0, 0.05) is 24.5 Å². The third kappa shape index (κ3) is 2.26. The van der Waals surface area contributed by atoms with E-state index in [1.165, 1.54) is 17.4 Å². The van der Waals surface area contributed by atoms with Crippen LogP contribution < -0.4 is 0 Å². The fraction of sp³-hybridized carbons (Fsp3) is 0.545. The number of hydrogen-bond acceptors (Lipinski definition) is 4. The predicted molar refractivity (Wildman–Crippen MR) is 61.6 cm³/mol. The lowest BCUT2D eigenvalue weighted by atomic mass is 10.0. The Kier molecular flexibility index (Phi) is 3.01. The number of aliphatic carboxylic acids is 1. The molecule has 88 valence electrons. The molecule has 0 aliphatic carbocycles. The first-order valence-electron chi connectivity index (χ1n) is 5.22. The van der Waals surface area contributed by atoms with Gasteiger partial charge in [0.1, 0.15) is 0 Å². The van der Waals surface area contributed by atoms with Crippen molar-refractivity contribution in [3.05, 3.63) is 21.9 Å². The van der Waals surface area contributed by atoms with Gasteiger partial charge in [-0.3, -0.25) is 4.90 Å². The molecule has 1 aromatic rings. The van der Waals surface area contributed by atoms with Crippen LogP contribution in [0.1, 0.15) is 17.4 Å². The molecule has 1 atom stereocenters. The van der Waals surface area contributed by atoms with Crippen LogP contribution in [0.15, 0.2) is 11.4 Å². The largest absolute Gasteiger partial charge is 0.479 e. The summed E-state index contributed by atoms with van der Waals surface area (Å²) in [5.41, 5.74) is -0.398. The number of fused-ring (bicyclic) bond motifs is 1. The molecule has 1 aliphatic rings. The number of carboxylic acids is 1. The van der Waals surface area contributed by atoms with E-state index in [0.29, 0.717) is 0 Å². The zero-order valence-electron chi connectivity index (χ0n) is 9.14. The van der Waals surface area contributed by atoms with Gasteiger partial charge in [-0.1, -0.05) is 0 Å². The SMILES string of the molecule is CC(O)(CN1CCc2sccc2C1)C(=O)O. The third-order valence-corrected chi connectivity index (χ3v) is 3.90. The molecule has 0 bridgehead atoms. The van der Waals surface area contributed by atoms with E-state index >= 15 is 0 Å². The molecular formula is C11H15NO3S. The maximum absolute atomic E-state index is 10.8. The molecule has 2 heterocycles. The smallest absolute Gasteiger partial charge is 0.336 e. The van der Waals surface area contributed by atoms with Crippen LogP contribution in [0.25, 0.3) is 0 Å². The minimum Gasteiger partial charge on any atom is -0.479 e. The summed E-state index contributed by atoms with van der Waals surface area (Å²) < 4.78 is 0. The van der Waals surface area contributed by atoms with Crippen LogP contribution in [-0.4, -0.2) is 39.8 Å². The van der Waals surface area contributed by atoms with Gasteiger partial charge < -0.3 is 10.2 Å². The molecule has 0 radical (unpaired) electrons. The minimum atomic E-state index is -1.66. The molecule has 0 spiro atoms. The van der Waals surface area contributed by atoms with Crippen molar-refractivity contribution in [3.8, 4) is 0 Å². The average molecular weight is 241 g/mol. The van der Waals surface area contributed by atoms with Crippen LogP contribution in [0.4, 0.5) is 0 Å². The van der Waals surface area contributed by atoms with Crippen LogP contribution in [-0.2, 0) is 17.8 Å². The Balaban J connectivity index is 2.02.